The lowest BCUT2D eigenvalue weighted by Gasteiger charge is -2.32. The summed E-state index contributed by atoms with van der Waals surface area (Å²) in [7, 11) is 0. The fourth-order valence-corrected chi connectivity index (χ4v) is 3.53. The number of nitrogens with two attached hydrogens (primary N) is 1. The summed E-state index contributed by atoms with van der Waals surface area (Å²) in [4.78, 5) is 12.8. The van der Waals surface area contributed by atoms with Crippen LogP contribution in [0.5, 0.6) is 0 Å². The molecule has 3 aromatic rings. The Morgan fingerprint density at radius 1 is 0.613 bits per heavy atom. The maximum absolute atomic E-state index is 13.0. The van der Waals surface area contributed by atoms with Crippen LogP contribution in [-0.2, 0) is 29.0 Å². The lowest BCUT2D eigenvalue weighted by Crippen LogP contribution is -2.44. The fraction of sp³-hybridized carbons (Fsp3) is 0.174. The molecule has 162 valence electrons. The van der Waals surface area contributed by atoms with Gasteiger partial charge in [0.2, 0.25) is 5.91 Å². The molecule has 0 aliphatic carbocycles. The molecular weight excluding hydrogens is 420 g/mol. The first kappa shape index (κ1) is 22.4. The number of benzene rings is 3. The Labute approximate surface area is 174 Å². The molecule has 2 nitrogen and oxygen atoms in total. The van der Waals surface area contributed by atoms with Gasteiger partial charge < -0.3 is 5.73 Å². The molecule has 3 aromatic carbocycles. The monoisotopic (exact) mass is 437 g/mol. The van der Waals surface area contributed by atoms with Gasteiger partial charge >= 0.3 is 12.4 Å². The number of hydrogen-bond donors (Lipinski definition) is 1. The predicted octanol–water partition coefficient (Wildman–Crippen LogP) is 5.74. The van der Waals surface area contributed by atoms with Crippen LogP contribution in [0.15, 0.2) is 78.9 Å². The largest absolute Gasteiger partial charge is 0.416 e. The molecule has 3 rings (SSSR count). The summed E-state index contributed by atoms with van der Waals surface area (Å²) in [5.41, 5.74) is 3.44. The van der Waals surface area contributed by atoms with Crippen molar-refractivity contribution < 1.29 is 31.1 Å². The highest BCUT2D eigenvalue weighted by atomic mass is 19.4. The van der Waals surface area contributed by atoms with Gasteiger partial charge in [-0.25, -0.2) is 0 Å². The predicted molar refractivity (Wildman–Crippen MR) is 103 cm³/mol. The highest BCUT2D eigenvalue weighted by molar-refractivity contribution is 5.91. The zero-order valence-corrected chi connectivity index (χ0v) is 16.0. The molecule has 2 N–H and O–H groups in total. The summed E-state index contributed by atoms with van der Waals surface area (Å²) in [5, 5.41) is 0. The lowest BCUT2D eigenvalue weighted by molar-refractivity contribution is -0.138. The summed E-state index contributed by atoms with van der Waals surface area (Å²) in [6.07, 6.45) is -9.21. The van der Waals surface area contributed by atoms with Crippen molar-refractivity contribution in [1.82, 2.24) is 0 Å². The fourth-order valence-electron chi connectivity index (χ4n) is 3.53. The normalized spacial score (nSPS) is 14.1. The van der Waals surface area contributed by atoms with E-state index < -0.39 is 34.8 Å². The van der Waals surface area contributed by atoms with E-state index in [4.69, 9.17) is 5.73 Å². The minimum Gasteiger partial charge on any atom is -0.369 e. The first-order valence-corrected chi connectivity index (χ1v) is 9.14. The molecule has 1 atom stereocenters. The summed E-state index contributed by atoms with van der Waals surface area (Å²) < 4.78 is 77.6. The van der Waals surface area contributed by atoms with E-state index in [0.717, 1.165) is 24.3 Å². The Morgan fingerprint density at radius 3 is 1.42 bits per heavy atom. The number of alkyl halides is 6. The van der Waals surface area contributed by atoms with Gasteiger partial charge in [0.1, 0.15) is 5.41 Å². The van der Waals surface area contributed by atoms with Crippen LogP contribution < -0.4 is 5.73 Å². The van der Waals surface area contributed by atoms with Crippen molar-refractivity contribution in [3.63, 3.8) is 0 Å². The maximum atomic E-state index is 13.0. The second kappa shape index (κ2) is 8.09. The van der Waals surface area contributed by atoms with Crippen LogP contribution in [0.1, 0.15) is 27.8 Å². The van der Waals surface area contributed by atoms with Gasteiger partial charge in [0.25, 0.3) is 0 Å². The molecule has 8 heteroatoms. The highest BCUT2D eigenvalue weighted by Crippen LogP contribution is 2.38. The molecule has 0 saturated carbocycles. The molecule has 0 heterocycles. The maximum Gasteiger partial charge on any atom is 0.416 e. The number of carbonyl (C=O) groups excluding carboxylic acids is 1. The van der Waals surface area contributed by atoms with Gasteiger partial charge in [-0.2, -0.15) is 26.3 Å². The van der Waals surface area contributed by atoms with E-state index in [2.05, 4.69) is 0 Å². The molecule has 1 amide bonds. The summed E-state index contributed by atoms with van der Waals surface area (Å²) >= 11 is 0. The number of rotatable bonds is 5. The zero-order chi connectivity index (χ0) is 22.9. The molecule has 0 saturated heterocycles. The number of carbonyl (C=O) groups is 1. The SMILES string of the molecule is NC(=O)C(Cc1ccc(C(F)(F)F)cc1)(c1ccccc1)c1ccc(C(F)(F)F)cc1. The van der Waals surface area contributed by atoms with Crippen molar-refractivity contribution in [3.05, 3.63) is 107 Å². The third-order valence-electron chi connectivity index (χ3n) is 5.14. The molecular formula is C23H17F6NO. The van der Waals surface area contributed by atoms with E-state index in [1.165, 1.54) is 24.3 Å². The third-order valence-corrected chi connectivity index (χ3v) is 5.14. The molecule has 0 bridgehead atoms. The van der Waals surface area contributed by atoms with Gasteiger partial charge in [-0.1, -0.05) is 54.6 Å². The van der Waals surface area contributed by atoms with Crippen molar-refractivity contribution in [1.29, 1.82) is 0 Å². The molecule has 0 radical (unpaired) electrons. The van der Waals surface area contributed by atoms with Gasteiger partial charge in [0.05, 0.1) is 11.1 Å². The number of amides is 1. The van der Waals surface area contributed by atoms with Crippen LogP contribution in [0.4, 0.5) is 26.3 Å². The molecule has 0 fully saturated rings. The van der Waals surface area contributed by atoms with Gasteiger partial charge in [0.15, 0.2) is 0 Å². The van der Waals surface area contributed by atoms with Crippen LogP contribution in [-0.4, -0.2) is 5.91 Å². The van der Waals surface area contributed by atoms with Crippen molar-refractivity contribution in [2.24, 2.45) is 5.73 Å². The minimum atomic E-state index is -4.56. The van der Waals surface area contributed by atoms with E-state index in [9.17, 15) is 31.1 Å². The topological polar surface area (TPSA) is 43.1 Å². The smallest absolute Gasteiger partial charge is 0.369 e. The summed E-state index contributed by atoms with van der Waals surface area (Å²) in [6, 6.07) is 16.5. The molecule has 0 aliphatic heterocycles. The first-order chi connectivity index (χ1) is 14.4. The Kier molecular flexibility index (Phi) is 5.85. The highest BCUT2D eigenvalue weighted by Gasteiger charge is 2.41. The zero-order valence-electron chi connectivity index (χ0n) is 16.0. The minimum absolute atomic E-state index is 0.129. The number of halogens is 6. The van der Waals surface area contributed by atoms with Crippen molar-refractivity contribution in [3.8, 4) is 0 Å². The Morgan fingerprint density at radius 2 is 1.00 bits per heavy atom. The molecule has 0 aliphatic rings. The first-order valence-electron chi connectivity index (χ1n) is 9.14. The second-order valence-electron chi connectivity index (χ2n) is 7.08. The van der Waals surface area contributed by atoms with Gasteiger partial charge in [-0.3, -0.25) is 4.79 Å². The average Bonchev–Trinajstić information content (AvgIpc) is 2.71. The van der Waals surface area contributed by atoms with Crippen molar-refractivity contribution in [2.75, 3.05) is 0 Å². The number of hydrogen-bond acceptors (Lipinski definition) is 1. The Balaban J connectivity index is 2.14. The van der Waals surface area contributed by atoms with Crippen LogP contribution in [0.3, 0.4) is 0 Å². The second-order valence-corrected chi connectivity index (χ2v) is 7.08. The molecule has 0 aromatic heterocycles. The van der Waals surface area contributed by atoms with E-state index in [-0.39, 0.29) is 12.0 Å². The van der Waals surface area contributed by atoms with Gasteiger partial charge in [0, 0.05) is 0 Å². The standard InChI is InChI=1S/C23H17F6NO/c24-22(25,26)18-8-6-15(7-9-18)14-21(20(30)31,16-4-2-1-3-5-16)17-10-12-19(13-11-17)23(27,28)29/h1-13H,14H2,(H2,30,31). The lowest BCUT2D eigenvalue weighted by atomic mass is 9.69. The van der Waals surface area contributed by atoms with Crippen LogP contribution >= 0.6 is 0 Å². The van der Waals surface area contributed by atoms with E-state index in [0.29, 0.717) is 11.1 Å². The van der Waals surface area contributed by atoms with Crippen molar-refractivity contribution >= 4 is 5.91 Å². The molecule has 31 heavy (non-hydrogen) atoms. The third kappa shape index (κ3) is 4.57. The molecule has 0 spiro atoms. The van der Waals surface area contributed by atoms with Crippen LogP contribution in [0, 0.1) is 0 Å². The van der Waals surface area contributed by atoms with Crippen molar-refractivity contribution in [2.45, 2.75) is 24.2 Å². The van der Waals surface area contributed by atoms with E-state index in [1.807, 2.05) is 0 Å². The van der Waals surface area contributed by atoms with Crippen LogP contribution in [0.25, 0.3) is 0 Å². The van der Waals surface area contributed by atoms with Gasteiger partial charge in [-0.15, -0.1) is 0 Å². The van der Waals surface area contributed by atoms with E-state index >= 15 is 0 Å². The van der Waals surface area contributed by atoms with Crippen LogP contribution in [0.2, 0.25) is 0 Å². The Hall–Kier alpha value is -3.29. The summed E-state index contributed by atoms with van der Waals surface area (Å²) in [6.45, 7) is 0. The molecule has 1 unspecified atom stereocenters. The van der Waals surface area contributed by atoms with E-state index in [1.54, 1.807) is 30.3 Å². The number of primary amides is 1. The average molecular weight is 437 g/mol. The Bertz CT molecular complexity index is 1040. The summed E-state index contributed by atoms with van der Waals surface area (Å²) in [5.74, 6) is -0.835. The quantitative estimate of drug-likeness (QED) is 0.509. The van der Waals surface area contributed by atoms with Gasteiger partial charge in [-0.05, 0) is 47.4 Å².